The van der Waals surface area contributed by atoms with Crippen LogP contribution in [0.25, 0.3) is 0 Å². The molecule has 0 saturated carbocycles. The zero-order valence-electron chi connectivity index (χ0n) is 22.0. The lowest BCUT2D eigenvalue weighted by Gasteiger charge is -2.54. The average molecular weight is 575 g/mol. The Bertz CT molecular complexity index is 1430. The number of hydrogen-bond donors (Lipinski definition) is 1. The highest BCUT2D eigenvalue weighted by Gasteiger charge is 2.72. The molecule has 40 heavy (non-hydrogen) atoms. The molecule has 3 aromatic carbocycles. The number of hydrogen-bond acceptors (Lipinski definition) is 4. The number of benzene rings is 3. The Morgan fingerprint density at radius 1 is 0.750 bits per heavy atom. The first-order chi connectivity index (χ1) is 19.2. The van der Waals surface area contributed by atoms with Crippen molar-refractivity contribution in [1.82, 2.24) is 4.90 Å². The van der Waals surface area contributed by atoms with Crippen molar-refractivity contribution in [2.75, 3.05) is 11.9 Å². The fourth-order valence-corrected chi connectivity index (χ4v) is 7.79. The number of Topliss-reactive ketones (excluding diaryl/α,β-unsaturated/α-hetero) is 1. The van der Waals surface area contributed by atoms with E-state index in [0.29, 0.717) is 36.9 Å². The number of nitrogens with one attached hydrogen (secondary N) is 1. The third-order valence-corrected chi connectivity index (χ3v) is 9.82. The van der Waals surface area contributed by atoms with Gasteiger partial charge in [0.05, 0.1) is 11.8 Å². The molecule has 6 nitrogen and oxygen atoms in total. The second-order valence-corrected chi connectivity index (χ2v) is 12.0. The molecule has 0 unspecified atom stereocenters. The van der Waals surface area contributed by atoms with Crippen LogP contribution in [0.4, 0.5) is 5.69 Å². The van der Waals surface area contributed by atoms with Gasteiger partial charge in [-0.25, -0.2) is 0 Å². The Morgan fingerprint density at radius 2 is 1.23 bits per heavy atom. The van der Waals surface area contributed by atoms with E-state index in [1.807, 2.05) is 48.5 Å². The summed E-state index contributed by atoms with van der Waals surface area (Å²) in [4.78, 5) is 50.4. The molecule has 0 aromatic heterocycles. The first kappa shape index (κ1) is 26.7. The van der Waals surface area contributed by atoms with Crippen LogP contribution < -0.4 is 5.32 Å². The quantitative estimate of drug-likeness (QED) is 0.155. The van der Waals surface area contributed by atoms with Gasteiger partial charge in [-0.15, -0.1) is 23.2 Å². The fourth-order valence-electron chi connectivity index (χ4n) is 6.69. The van der Waals surface area contributed by atoms with Gasteiger partial charge in [-0.1, -0.05) is 55.0 Å². The first-order valence-electron chi connectivity index (χ1n) is 13.5. The molecule has 3 aliphatic carbocycles. The molecular weight excluding hydrogens is 547 g/mol. The Kier molecular flexibility index (Phi) is 6.59. The summed E-state index contributed by atoms with van der Waals surface area (Å²) >= 11 is 14.9. The van der Waals surface area contributed by atoms with Crippen LogP contribution in [0.2, 0.25) is 0 Å². The van der Waals surface area contributed by atoms with Crippen molar-refractivity contribution in [2.24, 2.45) is 11.8 Å². The summed E-state index contributed by atoms with van der Waals surface area (Å²) in [5.41, 5.74) is 4.37. The number of imide groups is 1. The van der Waals surface area contributed by atoms with Gasteiger partial charge < -0.3 is 5.32 Å². The SMILES string of the molecule is CC(=O)c1ccc(NC(=O)CCCCCN2C(=O)[C@@H]3[C@H](C2=O)C2(Cl)c4ccccc4C3(Cl)c3ccccc32)cc1. The second-order valence-electron chi connectivity index (χ2n) is 10.8. The van der Waals surface area contributed by atoms with E-state index in [-0.39, 0.29) is 30.0 Å². The van der Waals surface area contributed by atoms with Crippen molar-refractivity contribution < 1.29 is 19.2 Å². The number of rotatable bonds is 8. The summed E-state index contributed by atoms with van der Waals surface area (Å²) in [6.45, 7) is 1.75. The predicted octanol–water partition coefficient (Wildman–Crippen LogP) is 5.98. The molecule has 7 rings (SSSR count). The predicted molar refractivity (Wildman–Crippen MR) is 153 cm³/mol. The van der Waals surface area contributed by atoms with Crippen molar-refractivity contribution in [2.45, 2.75) is 42.4 Å². The Morgan fingerprint density at radius 3 is 1.68 bits per heavy atom. The number of unbranched alkanes of at least 4 members (excludes halogenated alkanes) is 2. The van der Waals surface area contributed by atoms with Gasteiger partial charge in [-0.05, 0) is 66.3 Å². The Hall–Kier alpha value is -3.48. The van der Waals surface area contributed by atoms with E-state index in [2.05, 4.69) is 5.32 Å². The second kappa shape index (κ2) is 9.86. The van der Waals surface area contributed by atoms with Crippen LogP contribution in [0.5, 0.6) is 0 Å². The normalized spacial score (nSPS) is 25.8. The van der Waals surface area contributed by atoms with Crippen LogP contribution in [-0.4, -0.2) is 34.9 Å². The molecule has 2 atom stereocenters. The van der Waals surface area contributed by atoms with Gasteiger partial charge in [0.25, 0.3) is 0 Å². The largest absolute Gasteiger partial charge is 0.326 e. The van der Waals surface area contributed by atoms with Gasteiger partial charge in [0, 0.05) is 24.2 Å². The molecule has 1 aliphatic heterocycles. The highest BCUT2D eigenvalue weighted by atomic mass is 35.5. The standard InChI is InChI=1S/C32H28Cl2N2O4/c1-19(37)20-14-16-21(17-15-20)35-26(38)13-3-2-8-18-36-29(39)27-28(30(36)40)32(34)23-10-5-4-9-22(23)31(27,33)24-11-6-7-12-25(24)32/h4-7,9-12,14-17,27-28H,2-3,8,13,18H2,1H3,(H,35,38)/t27-,28+,31?,32?. The molecule has 8 heteroatoms. The maximum absolute atomic E-state index is 13.8. The summed E-state index contributed by atoms with van der Waals surface area (Å²) < 4.78 is 0. The van der Waals surface area contributed by atoms with E-state index in [9.17, 15) is 19.2 Å². The number of nitrogens with zero attached hydrogens (tertiary/aromatic N) is 1. The minimum Gasteiger partial charge on any atom is -0.326 e. The van der Waals surface area contributed by atoms with Crippen molar-refractivity contribution in [3.63, 3.8) is 0 Å². The lowest BCUT2D eigenvalue weighted by Crippen LogP contribution is -2.57. The van der Waals surface area contributed by atoms with Gasteiger partial charge in [-0.2, -0.15) is 0 Å². The lowest BCUT2D eigenvalue weighted by molar-refractivity contribution is -0.140. The number of likely N-dealkylation sites (tertiary alicyclic amines) is 1. The molecule has 1 N–H and O–H groups in total. The number of halogens is 2. The molecule has 0 radical (unpaired) electrons. The van der Waals surface area contributed by atoms with E-state index in [1.165, 1.54) is 11.8 Å². The number of anilines is 1. The summed E-state index contributed by atoms with van der Waals surface area (Å²) in [7, 11) is 0. The summed E-state index contributed by atoms with van der Waals surface area (Å²) in [5.74, 6) is -2.31. The van der Waals surface area contributed by atoms with Gasteiger partial charge in [0.15, 0.2) is 5.78 Å². The minimum atomic E-state index is -1.17. The lowest BCUT2D eigenvalue weighted by atomic mass is 9.54. The van der Waals surface area contributed by atoms with Crippen molar-refractivity contribution in [1.29, 1.82) is 0 Å². The topological polar surface area (TPSA) is 83.6 Å². The summed E-state index contributed by atoms with van der Waals surface area (Å²) in [6.07, 6.45) is 2.15. The van der Waals surface area contributed by atoms with Crippen LogP contribution >= 0.6 is 23.2 Å². The number of amides is 3. The highest BCUT2D eigenvalue weighted by molar-refractivity contribution is 6.36. The number of carbonyl (C=O) groups is 4. The van der Waals surface area contributed by atoms with Crippen LogP contribution in [0.15, 0.2) is 72.8 Å². The molecule has 1 heterocycles. The third kappa shape index (κ3) is 3.84. The monoisotopic (exact) mass is 574 g/mol. The maximum atomic E-state index is 13.8. The molecule has 204 valence electrons. The zero-order valence-corrected chi connectivity index (χ0v) is 23.5. The van der Waals surface area contributed by atoms with E-state index in [0.717, 1.165) is 22.3 Å². The maximum Gasteiger partial charge on any atom is 0.235 e. The molecule has 3 amide bonds. The van der Waals surface area contributed by atoms with Crippen LogP contribution in [0.3, 0.4) is 0 Å². The van der Waals surface area contributed by atoms with Crippen LogP contribution in [0, 0.1) is 11.8 Å². The minimum absolute atomic E-state index is 0.0312. The first-order valence-corrected chi connectivity index (χ1v) is 14.3. The zero-order chi connectivity index (χ0) is 28.2. The molecule has 0 spiro atoms. The smallest absolute Gasteiger partial charge is 0.235 e. The van der Waals surface area contributed by atoms with Crippen molar-refractivity contribution in [3.05, 3.63) is 101 Å². The molecule has 4 aliphatic rings. The summed E-state index contributed by atoms with van der Waals surface area (Å²) in [5, 5.41) is 2.83. The molecule has 1 fully saturated rings. The van der Waals surface area contributed by atoms with E-state index in [4.69, 9.17) is 23.2 Å². The Labute approximate surface area is 242 Å². The van der Waals surface area contributed by atoms with Gasteiger partial charge in [0.2, 0.25) is 17.7 Å². The van der Waals surface area contributed by atoms with E-state index < -0.39 is 21.6 Å². The van der Waals surface area contributed by atoms with Gasteiger partial charge >= 0.3 is 0 Å². The third-order valence-electron chi connectivity index (χ3n) is 8.54. The van der Waals surface area contributed by atoms with E-state index in [1.54, 1.807) is 24.3 Å². The van der Waals surface area contributed by atoms with E-state index >= 15 is 0 Å². The number of ketones is 1. The molecule has 2 bridgehead atoms. The Balaban J connectivity index is 1.12. The van der Waals surface area contributed by atoms with Crippen molar-refractivity contribution >= 4 is 52.4 Å². The number of carbonyl (C=O) groups excluding carboxylic acids is 4. The fraction of sp³-hybridized carbons (Fsp3) is 0.312. The van der Waals surface area contributed by atoms with Gasteiger partial charge in [-0.3, -0.25) is 24.1 Å². The molecule has 3 aromatic rings. The van der Waals surface area contributed by atoms with Crippen LogP contribution in [0.1, 0.15) is 65.2 Å². The summed E-state index contributed by atoms with van der Waals surface area (Å²) in [6, 6.07) is 22.0. The number of alkyl halides is 2. The molecular formula is C32H28Cl2N2O4. The van der Waals surface area contributed by atoms with Crippen LogP contribution in [-0.2, 0) is 24.1 Å². The van der Waals surface area contributed by atoms with Gasteiger partial charge in [0.1, 0.15) is 9.75 Å². The highest BCUT2D eigenvalue weighted by Crippen LogP contribution is 2.69. The van der Waals surface area contributed by atoms with Crippen molar-refractivity contribution in [3.8, 4) is 0 Å². The molecule has 1 saturated heterocycles. The average Bonchev–Trinajstić information content (AvgIpc) is 3.22.